The molecule has 8 aromatic carbocycles. The molecule has 16 rings (SSSR count). The SMILES string of the molecule is Cc1ccc2ccc3c(-c4ccc(-c5cccc(-c6cc(-c7ccccc7)nc(-c7ccccn7)n6)c5)cc4)cc(C)nc3c2n1.Cc1ccc2ccc3c(-c4ccc(-c5cccc(-c6nc(-c7ccccc7)cc(-c7ccccn7)n6)c5)cc4)cc(C)nc3c2n1. The van der Waals surface area contributed by atoms with Gasteiger partial charge in [-0.15, -0.1) is 0 Å². The highest BCUT2D eigenvalue weighted by atomic mass is 14.9. The van der Waals surface area contributed by atoms with E-state index in [9.17, 15) is 0 Å². The molecule has 0 aliphatic carbocycles. The Morgan fingerprint density at radius 3 is 1.11 bits per heavy atom. The first-order valence-corrected chi connectivity index (χ1v) is 30.7. The molecule has 0 amide bonds. The van der Waals surface area contributed by atoms with Crippen molar-refractivity contribution in [1.29, 1.82) is 0 Å². The Morgan fingerprint density at radius 1 is 0.207 bits per heavy atom. The van der Waals surface area contributed by atoms with Gasteiger partial charge in [-0.05, 0) is 145 Å². The summed E-state index contributed by atoms with van der Waals surface area (Å²) in [6.07, 6.45) is 3.56. The monoisotopic (exact) mass is 1180 g/mol. The second-order valence-corrected chi connectivity index (χ2v) is 23.0. The van der Waals surface area contributed by atoms with Gasteiger partial charge in [0.2, 0.25) is 0 Å². The predicted molar refractivity (Wildman–Crippen MR) is 374 cm³/mol. The maximum atomic E-state index is 5.00. The standard InChI is InChI=1S/2C41H29N5/c1-26-14-15-31-20-21-34-35(23-27(2)44-40(34)39(31)43-26)29-18-16-28(17-19-29)32-11-8-12-33(24-32)41-45-37(30-9-4-3-5-10-30)25-38(46-41)36-13-6-7-22-42-36;1-26-14-15-31-20-21-34-35(23-27(2)44-40(34)39(31)43-26)29-18-16-28(17-19-29)32-11-8-12-33(24-32)38-25-37(30-9-4-3-5-10-30)45-41(46-38)36-13-6-7-22-42-36/h2*3-25H,1-2H3. The van der Waals surface area contributed by atoms with Crippen molar-refractivity contribution in [2.45, 2.75) is 27.7 Å². The van der Waals surface area contributed by atoms with Gasteiger partial charge < -0.3 is 0 Å². The summed E-state index contributed by atoms with van der Waals surface area (Å²) in [7, 11) is 0. The van der Waals surface area contributed by atoms with Gasteiger partial charge in [0.15, 0.2) is 11.6 Å². The van der Waals surface area contributed by atoms with Crippen molar-refractivity contribution in [2.75, 3.05) is 0 Å². The summed E-state index contributed by atoms with van der Waals surface area (Å²) in [4.78, 5) is 48.4. The van der Waals surface area contributed by atoms with Crippen LogP contribution in [0.15, 0.2) is 279 Å². The first kappa shape index (κ1) is 56.4. The molecule has 0 saturated carbocycles. The molecule has 10 heteroatoms. The van der Waals surface area contributed by atoms with E-state index >= 15 is 0 Å². The van der Waals surface area contributed by atoms with Crippen LogP contribution in [0.2, 0.25) is 0 Å². The van der Waals surface area contributed by atoms with Crippen LogP contribution in [0, 0.1) is 27.7 Å². The number of aromatic nitrogens is 10. The van der Waals surface area contributed by atoms with E-state index in [-0.39, 0.29) is 0 Å². The summed E-state index contributed by atoms with van der Waals surface area (Å²) >= 11 is 0. The fourth-order valence-corrected chi connectivity index (χ4v) is 12.0. The van der Waals surface area contributed by atoms with Crippen LogP contribution < -0.4 is 0 Å². The highest BCUT2D eigenvalue weighted by molar-refractivity contribution is 6.09. The summed E-state index contributed by atoms with van der Waals surface area (Å²) in [5.74, 6) is 1.26. The largest absolute Gasteiger partial charge is 0.255 e. The van der Waals surface area contributed by atoms with Crippen molar-refractivity contribution in [3.8, 4) is 113 Å². The average molecular weight is 1180 g/mol. The molecule has 0 atom stereocenters. The van der Waals surface area contributed by atoms with Crippen LogP contribution in [-0.4, -0.2) is 49.8 Å². The second-order valence-electron chi connectivity index (χ2n) is 23.0. The minimum absolute atomic E-state index is 0.602. The number of pyridine rings is 6. The van der Waals surface area contributed by atoms with Crippen LogP contribution >= 0.6 is 0 Å². The van der Waals surface area contributed by atoms with Crippen molar-refractivity contribution in [3.05, 3.63) is 302 Å². The predicted octanol–water partition coefficient (Wildman–Crippen LogP) is 19.8. The van der Waals surface area contributed by atoms with E-state index < -0.39 is 0 Å². The minimum Gasteiger partial charge on any atom is -0.255 e. The van der Waals surface area contributed by atoms with Crippen molar-refractivity contribution >= 4 is 43.6 Å². The van der Waals surface area contributed by atoms with Gasteiger partial charge in [0.1, 0.15) is 5.69 Å². The van der Waals surface area contributed by atoms with Gasteiger partial charge in [-0.2, -0.15) is 0 Å². The molecule has 0 bridgehead atoms. The van der Waals surface area contributed by atoms with E-state index in [1.807, 2.05) is 119 Å². The molecule has 10 nitrogen and oxygen atoms in total. The maximum absolute atomic E-state index is 5.00. The summed E-state index contributed by atoms with van der Waals surface area (Å²) in [6.45, 7) is 8.14. The van der Waals surface area contributed by atoms with Gasteiger partial charge in [-0.1, -0.05) is 194 Å². The van der Waals surface area contributed by atoms with Gasteiger partial charge in [0.25, 0.3) is 0 Å². The lowest BCUT2D eigenvalue weighted by atomic mass is 9.95. The number of nitrogens with zero attached hydrogens (tertiary/aromatic N) is 10. The van der Waals surface area contributed by atoms with Gasteiger partial charge in [-0.25, -0.2) is 19.9 Å². The van der Waals surface area contributed by atoms with Crippen LogP contribution in [0.25, 0.3) is 156 Å². The minimum atomic E-state index is 0.602. The van der Waals surface area contributed by atoms with Gasteiger partial charge in [-0.3, -0.25) is 29.9 Å². The molecule has 92 heavy (non-hydrogen) atoms. The number of aryl methyl sites for hydroxylation is 4. The molecular weight excluding hydrogens is 1120 g/mol. The van der Waals surface area contributed by atoms with Gasteiger partial charge in [0, 0.05) is 79.0 Å². The van der Waals surface area contributed by atoms with Crippen molar-refractivity contribution in [2.24, 2.45) is 0 Å². The smallest absolute Gasteiger partial charge is 0.179 e. The molecular formula is C82H58N10. The van der Waals surface area contributed by atoms with Crippen LogP contribution in [0.5, 0.6) is 0 Å². The third kappa shape index (κ3) is 11.5. The number of fused-ring (bicyclic) bond motifs is 6. The summed E-state index contributed by atoms with van der Waals surface area (Å²) in [6, 6.07) is 91.9. The first-order valence-electron chi connectivity index (χ1n) is 30.7. The molecule has 8 heterocycles. The maximum Gasteiger partial charge on any atom is 0.179 e. The Hall–Kier alpha value is -12.1. The van der Waals surface area contributed by atoms with E-state index in [4.69, 9.17) is 39.9 Å². The zero-order valence-corrected chi connectivity index (χ0v) is 51.0. The fraction of sp³-hybridized carbons (Fsp3) is 0.0488. The molecule has 0 unspecified atom stereocenters. The van der Waals surface area contributed by atoms with Crippen molar-refractivity contribution in [1.82, 2.24) is 49.8 Å². The molecule has 0 aliphatic heterocycles. The number of hydrogen-bond acceptors (Lipinski definition) is 10. The highest BCUT2D eigenvalue weighted by Crippen LogP contribution is 2.38. The molecule has 436 valence electrons. The average Bonchev–Trinajstić information content (AvgIpc) is 0.801. The van der Waals surface area contributed by atoms with Crippen molar-refractivity contribution < 1.29 is 0 Å². The lowest BCUT2D eigenvalue weighted by Crippen LogP contribution is -1.97. The molecule has 16 aromatic rings. The molecule has 0 fully saturated rings. The Bertz CT molecular complexity index is 4960. The summed E-state index contributed by atoms with van der Waals surface area (Å²) in [5.41, 5.74) is 25.7. The fourth-order valence-electron chi connectivity index (χ4n) is 12.0. The zero-order chi connectivity index (χ0) is 62.1. The van der Waals surface area contributed by atoms with Crippen LogP contribution in [-0.2, 0) is 0 Å². The molecule has 0 spiro atoms. The molecule has 0 saturated heterocycles. The van der Waals surface area contributed by atoms with Crippen LogP contribution in [0.1, 0.15) is 22.8 Å². The Labute approximate surface area is 532 Å². The van der Waals surface area contributed by atoms with E-state index in [0.717, 1.165) is 167 Å². The number of benzene rings is 8. The van der Waals surface area contributed by atoms with E-state index in [2.05, 4.69) is 186 Å². The molecule has 0 radical (unpaired) electrons. The summed E-state index contributed by atoms with van der Waals surface area (Å²) < 4.78 is 0. The van der Waals surface area contributed by atoms with Crippen LogP contribution in [0.4, 0.5) is 0 Å². The quantitative estimate of drug-likeness (QED) is 0.122. The van der Waals surface area contributed by atoms with E-state index in [1.54, 1.807) is 12.4 Å². The van der Waals surface area contributed by atoms with Crippen molar-refractivity contribution in [3.63, 3.8) is 0 Å². The topological polar surface area (TPSA) is 129 Å². The molecule has 8 aromatic heterocycles. The number of hydrogen-bond donors (Lipinski definition) is 0. The molecule has 0 N–H and O–H groups in total. The highest BCUT2D eigenvalue weighted by Gasteiger charge is 2.17. The lowest BCUT2D eigenvalue weighted by molar-refractivity contribution is 1.15. The Balaban J connectivity index is 0.000000153. The van der Waals surface area contributed by atoms with Gasteiger partial charge >= 0.3 is 0 Å². The molecule has 0 aliphatic rings. The Morgan fingerprint density at radius 2 is 0.598 bits per heavy atom. The third-order valence-corrected chi connectivity index (χ3v) is 16.6. The Kier molecular flexibility index (Phi) is 15.0. The van der Waals surface area contributed by atoms with Crippen LogP contribution in [0.3, 0.4) is 0 Å². The second kappa shape index (κ2) is 24.4. The zero-order valence-electron chi connectivity index (χ0n) is 51.0. The lowest BCUT2D eigenvalue weighted by Gasteiger charge is -2.12. The van der Waals surface area contributed by atoms with Gasteiger partial charge in [0.05, 0.1) is 50.5 Å². The normalized spacial score (nSPS) is 11.3. The van der Waals surface area contributed by atoms with E-state index in [0.29, 0.717) is 11.6 Å². The van der Waals surface area contributed by atoms with E-state index in [1.165, 1.54) is 0 Å². The summed E-state index contributed by atoms with van der Waals surface area (Å²) in [5, 5.41) is 4.41. The first-order chi connectivity index (χ1) is 45.2. The number of rotatable bonds is 10. The third-order valence-electron chi connectivity index (χ3n) is 16.6.